The van der Waals surface area contributed by atoms with Crippen molar-refractivity contribution in [1.82, 2.24) is 4.90 Å². The highest BCUT2D eigenvalue weighted by atomic mass is 16.5. The van der Waals surface area contributed by atoms with Gasteiger partial charge in [0.2, 0.25) is 5.91 Å². The maximum absolute atomic E-state index is 12.6. The van der Waals surface area contributed by atoms with Crippen molar-refractivity contribution in [3.63, 3.8) is 0 Å². The van der Waals surface area contributed by atoms with Crippen LogP contribution in [0.2, 0.25) is 0 Å². The van der Waals surface area contributed by atoms with E-state index in [0.717, 1.165) is 13.1 Å². The van der Waals surface area contributed by atoms with Crippen LogP contribution in [0, 0.1) is 0 Å². The molecule has 1 aromatic carbocycles. The minimum atomic E-state index is -0.816. The van der Waals surface area contributed by atoms with Crippen LogP contribution in [0.1, 0.15) is 0 Å². The quantitative estimate of drug-likeness (QED) is 0.821. The average molecular weight is 305 g/mol. The Kier molecular flexibility index (Phi) is 4.26. The minimum Gasteiger partial charge on any atom is -0.477 e. The number of ether oxygens (including phenoxy) is 2. The molecule has 0 saturated carbocycles. The molecule has 3 rings (SSSR count). The Bertz CT molecular complexity index is 572. The van der Waals surface area contributed by atoms with Crippen LogP contribution in [0.3, 0.4) is 0 Å². The van der Waals surface area contributed by atoms with Crippen LogP contribution in [0.15, 0.2) is 24.3 Å². The van der Waals surface area contributed by atoms with Crippen molar-refractivity contribution in [2.24, 2.45) is 5.73 Å². The number of carbonyl (C=O) groups excluding carboxylic acids is 2. The van der Waals surface area contributed by atoms with E-state index in [1.807, 2.05) is 17.0 Å². The second-order valence-electron chi connectivity index (χ2n) is 5.37. The molecule has 118 valence electrons. The van der Waals surface area contributed by atoms with Gasteiger partial charge in [0.15, 0.2) is 6.10 Å². The number of nitrogens with zero attached hydrogens (tertiary/aromatic N) is 2. The summed E-state index contributed by atoms with van der Waals surface area (Å²) in [4.78, 5) is 27.7. The monoisotopic (exact) mass is 305 g/mol. The molecule has 22 heavy (non-hydrogen) atoms. The standard InChI is InChI=1S/C15H19N3O4/c16-15(20)13-9-18(11-3-1-2-4-12(11)22-13)14(19)10-17-5-7-21-8-6-17/h1-4,13H,5-10H2,(H2,16,20)/t13-/m1/s1. The van der Waals surface area contributed by atoms with Crippen LogP contribution in [-0.4, -0.2) is 62.2 Å². The Morgan fingerprint density at radius 1 is 1.23 bits per heavy atom. The highest BCUT2D eigenvalue weighted by Crippen LogP contribution is 2.33. The zero-order valence-electron chi connectivity index (χ0n) is 12.2. The molecule has 2 heterocycles. The number of hydrogen-bond acceptors (Lipinski definition) is 5. The van der Waals surface area contributed by atoms with Gasteiger partial charge < -0.3 is 20.1 Å². The third-order valence-electron chi connectivity index (χ3n) is 3.85. The van der Waals surface area contributed by atoms with Crippen LogP contribution in [0.25, 0.3) is 0 Å². The molecule has 2 N–H and O–H groups in total. The Morgan fingerprint density at radius 2 is 1.95 bits per heavy atom. The van der Waals surface area contributed by atoms with Gasteiger partial charge in [0, 0.05) is 13.1 Å². The Hall–Kier alpha value is -2.12. The molecule has 0 unspecified atom stereocenters. The van der Waals surface area contributed by atoms with Crippen molar-refractivity contribution in [3.8, 4) is 5.75 Å². The van der Waals surface area contributed by atoms with Crippen LogP contribution < -0.4 is 15.4 Å². The number of anilines is 1. The van der Waals surface area contributed by atoms with E-state index in [9.17, 15) is 9.59 Å². The molecule has 2 aliphatic heterocycles. The lowest BCUT2D eigenvalue weighted by Gasteiger charge is -2.35. The topological polar surface area (TPSA) is 85.1 Å². The number of hydrogen-bond donors (Lipinski definition) is 1. The summed E-state index contributed by atoms with van der Waals surface area (Å²) in [7, 11) is 0. The first-order chi connectivity index (χ1) is 10.6. The van der Waals surface area contributed by atoms with Gasteiger partial charge in [-0.15, -0.1) is 0 Å². The largest absolute Gasteiger partial charge is 0.477 e. The number of morpholine rings is 1. The average Bonchev–Trinajstić information content (AvgIpc) is 2.54. The van der Waals surface area contributed by atoms with E-state index in [1.54, 1.807) is 17.0 Å². The van der Waals surface area contributed by atoms with E-state index in [1.165, 1.54) is 0 Å². The van der Waals surface area contributed by atoms with E-state index in [0.29, 0.717) is 31.2 Å². The zero-order valence-corrected chi connectivity index (χ0v) is 12.2. The minimum absolute atomic E-state index is 0.0658. The molecule has 2 aliphatic rings. The van der Waals surface area contributed by atoms with E-state index in [2.05, 4.69) is 0 Å². The fourth-order valence-electron chi connectivity index (χ4n) is 2.65. The summed E-state index contributed by atoms with van der Waals surface area (Å²) in [6, 6.07) is 7.18. The van der Waals surface area contributed by atoms with Gasteiger partial charge in [-0.3, -0.25) is 14.5 Å². The van der Waals surface area contributed by atoms with Gasteiger partial charge in [0.25, 0.3) is 5.91 Å². The van der Waals surface area contributed by atoms with Crippen LogP contribution in [0.4, 0.5) is 5.69 Å². The third-order valence-corrected chi connectivity index (χ3v) is 3.85. The molecule has 7 heteroatoms. The first-order valence-electron chi connectivity index (χ1n) is 7.30. The Balaban J connectivity index is 1.78. The predicted octanol–water partition coefficient (Wildman–Crippen LogP) is -0.402. The van der Waals surface area contributed by atoms with E-state index in [-0.39, 0.29) is 12.5 Å². The maximum atomic E-state index is 12.6. The highest BCUT2D eigenvalue weighted by Gasteiger charge is 2.33. The molecule has 0 bridgehead atoms. The van der Waals surface area contributed by atoms with E-state index < -0.39 is 12.0 Å². The maximum Gasteiger partial charge on any atom is 0.260 e. The molecule has 2 amide bonds. The van der Waals surface area contributed by atoms with Crippen molar-refractivity contribution >= 4 is 17.5 Å². The fourth-order valence-corrected chi connectivity index (χ4v) is 2.65. The number of nitrogens with two attached hydrogens (primary N) is 1. The summed E-state index contributed by atoms with van der Waals surface area (Å²) >= 11 is 0. The summed E-state index contributed by atoms with van der Waals surface area (Å²) < 4.78 is 10.8. The number of primary amides is 1. The van der Waals surface area contributed by atoms with Gasteiger partial charge in [-0.1, -0.05) is 12.1 Å². The zero-order chi connectivity index (χ0) is 15.5. The van der Waals surface area contributed by atoms with Crippen molar-refractivity contribution in [1.29, 1.82) is 0 Å². The van der Waals surface area contributed by atoms with Crippen molar-refractivity contribution < 1.29 is 19.1 Å². The van der Waals surface area contributed by atoms with Gasteiger partial charge in [-0.05, 0) is 12.1 Å². The molecule has 1 saturated heterocycles. The molecule has 1 atom stereocenters. The smallest absolute Gasteiger partial charge is 0.260 e. The summed E-state index contributed by atoms with van der Waals surface area (Å²) in [5, 5.41) is 0. The van der Waals surface area contributed by atoms with Crippen LogP contribution in [-0.2, 0) is 14.3 Å². The lowest BCUT2D eigenvalue weighted by molar-refractivity contribution is -0.125. The summed E-state index contributed by atoms with van der Waals surface area (Å²) in [5.74, 6) is -0.129. The second-order valence-corrected chi connectivity index (χ2v) is 5.37. The molecule has 7 nitrogen and oxygen atoms in total. The summed E-state index contributed by atoms with van der Waals surface area (Å²) in [6.45, 7) is 3.18. The van der Waals surface area contributed by atoms with E-state index >= 15 is 0 Å². The molecule has 0 spiro atoms. The fraction of sp³-hybridized carbons (Fsp3) is 0.467. The van der Waals surface area contributed by atoms with Crippen molar-refractivity contribution in [2.75, 3.05) is 44.3 Å². The van der Waals surface area contributed by atoms with Crippen molar-refractivity contribution in [3.05, 3.63) is 24.3 Å². The van der Waals surface area contributed by atoms with Crippen molar-refractivity contribution in [2.45, 2.75) is 6.10 Å². The Labute approximate surface area is 128 Å². The molecular weight excluding hydrogens is 286 g/mol. The van der Waals surface area contributed by atoms with Gasteiger partial charge in [-0.25, -0.2) is 0 Å². The summed E-state index contributed by atoms with van der Waals surface area (Å²) in [5.41, 5.74) is 6.02. The predicted molar refractivity (Wildman–Crippen MR) is 79.7 cm³/mol. The number of carbonyl (C=O) groups is 2. The first kappa shape index (κ1) is 14.8. The molecule has 1 fully saturated rings. The molecule has 0 aliphatic carbocycles. The van der Waals surface area contributed by atoms with Gasteiger partial charge in [-0.2, -0.15) is 0 Å². The first-order valence-corrected chi connectivity index (χ1v) is 7.30. The van der Waals surface area contributed by atoms with Crippen LogP contribution in [0.5, 0.6) is 5.75 Å². The number of benzene rings is 1. The van der Waals surface area contributed by atoms with Crippen LogP contribution >= 0.6 is 0 Å². The summed E-state index contributed by atoms with van der Waals surface area (Å²) in [6.07, 6.45) is -0.816. The number of rotatable bonds is 3. The number of para-hydroxylation sites is 2. The number of fused-ring (bicyclic) bond motifs is 1. The highest BCUT2D eigenvalue weighted by molar-refractivity contribution is 5.98. The van der Waals surface area contributed by atoms with Gasteiger partial charge >= 0.3 is 0 Å². The molecule has 0 radical (unpaired) electrons. The second kappa shape index (κ2) is 6.33. The Morgan fingerprint density at radius 3 is 2.68 bits per heavy atom. The third kappa shape index (κ3) is 3.05. The SMILES string of the molecule is NC(=O)[C@H]1CN(C(=O)CN2CCOCC2)c2ccccc2O1. The molecule has 1 aromatic rings. The van der Waals surface area contributed by atoms with Gasteiger partial charge in [0.05, 0.1) is 32.0 Å². The molecule has 0 aromatic heterocycles. The van der Waals surface area contributed by atoms with E-state index in [4.69, 9.17) is 15.2 Å². The lowest BCUT2D eigenvalue weighted by Crippen LogP contribution is -2.52. The number of amides is 2. The van der Waals surface area contributed by atoms with Gasteiger partial charge in [0.1, 0.15) is 5.75 Å². The normalized spacial score (nSPS) is 21.8. The lowest BCUT2D eigenvalue weighted by atomic mass is 10.1. The molecular formula is C15H19N3O4.